The van der Waals surface area contributed by atoms with Crippen LogP contribution in [0, 0.1) is 6.92 Å². The van der Waals surface area contributed by atoms with Crippen LogP contribution in [0.25, 0.3) is 10.9 Å². The highest BCUT2D eigenvalue weighted by Crippen LogP contribution is 2.26. The molecule has 0 fully saturated rings. The van der Waals surface area contributed by atoms with E-state index in [-0.39, 0.29) is 6.54 Å². The Kier molecular flexibility index (Phi) is 2.36. The molecule has 0 radical (unpaired) electrons. The van der Waals surface area contributed by atoms with Gasteiger partial charge in [0, 0.05) is 5.39 Å². The van der Waals surface area contributed by atoms with E-state index in [0.29, 0.717) is 5.15 Å². The molecule has 78 valence electrons. The van der Waals surface area contributed by atoms with E-state index in [1.54, 1.807) is 0 Å². The average Bonchev–Trinajstić information content (AvgIpc) is 2.44. The lowest BCUT2D eigenvalue weighted by atomic mass is 10.1. The summed E-state index contributed by atoms with van der Waals surface area (Å²) in [4.78, 5) is 10.6. The van der Waals surface area contributed by atoms with Crippen molar-refractivity contribution >= 4 is 28.5 Å². The first kappa shape index (κ1) is 9.98. The molecule has 5 heteroatoms. The number of carbonyl (C=O) groups is 1. The summed E-state index contributed by atoms with van der Waals surface area (Å²) < 4.78 is 1.29. The van der Waals surface area contributed by atoms with Crippen LogP contribution in [0.2, 0.25) is 5.15 Å². The number of carboxylic acids is 1. The van der Waals surface area contributed by atoms with E-state index in [4.69, 9.17) is 16.7 Å². The Morgan fingerprint density at radius 1 is 1.60 bits per heavy atom. The third-order valence-electron chi connectivity index (χ3n) is 2.20. The van der Waals surface area contributed by atoms with E-state index < -0.39 is 5.97 Å². The van der Waals surface area contributed by atoms with Crippen molar-refractivity contribution in [2.45, 2.75) is 13.5 Å². The number of halogens is 1. The molecule has 0 saturated carbocycles. The number of rotatable bonds is 2. The topological polar surface area (TPSA) is 55.1 Å². The van der Waals surface area contributed by atoms with Gasteiger partial charge in [0.15, 0.2) is 0 Å². The molecule has 1 aromatic carbocycles. The Balaban J connectivity index is 2.64. The summed E-state index contributed by atoms with van der Waals surface area (Å²) in [7, 11) is 0. The lowest BCUT2D eigenvalue weighted by Crippen LogP contribution is -2.09. The van der Waals surface area contributed by atoms with Crippen molar-refractivity contribution in [1.29, 1.82) is 0 Å². The fourth-order valence-electron chi connectivity index (χ4n) is 1.54. The summed E-state index contributed by atoms with van der Waals surface area (Å²) in [6.07, 6.45) is 0. The van der Waals surface area contributed by atoms with Gasteiger partial charge in [-0.25, -0.2) is 4.68 Å². The highest BCUT2D eigenvalue weighted by atomic mass is 35.5. The average molecular weight is 225 g/mol. The first-order chi connectivity index (χ1) is 7.09. The summed E-state index contributed by atoms with van der Waals surface area (Å²) in [5, 5.41) is 14.0. The minimum absolute atomic E-state index is 0.215. The third kappa shape index (κ3) is 1.68. The van der Waals surface area contributed by atoms with E-state index in [1.807, 2.05) is 25.1 Å². The molecule has 1 aromatic heterocycles. The number of nitrogens with zero attached hydrogens (tertiary/aromatic N) is 2. The molecular formula is C10H9ClN2O2. The zero-order valence-corrected chi connectivity index (χ0v) is 8.82. The second kappa shape index (κ2) is 3.55. The first-order valence-corrected chi connectivity index (χ1v) is 4.81. The summed E-state index contributed by atoms with van der Waals surface area (Å²) in [6, 6.07) is 5.60. The molecule has 1 heterocycles. The fourth-order valence-corrected chi connectivity index (χ4v) is 1.88. The molecule has 15 heavy (non-hydrogen) atoms. The first-order valence-electron chi connectivity index (χ1n) is 4.43. The van der Waals surface area contributed by atoms with Gasteiger partial charge in [-0.05, 0) is 18.6 Å². The maximum absolute atomic E-state index is 10.6. The number of aliphatic carboxylic acids is 1. The lowest BCUT2D eigenvalue weighted by molar-refractivity contribution is -0.137. The molecule has 0 atom stereocenters. The minimum Gasteiger partial charge on any atom is -0.480 e. The molecule has 0 amide bonds. The van der Waals surface area contributed by atoms with Crippen molar-refractivity contribution in [2.24, 2.45) is 0 Å². The van der Waals surface area contributed by atoms with Crippen LogP contribution in [0.1, 0.15) is 5.56 Å². The summed E-state index contributed by atoms with van der Waals surface area (Å²) in [5.74, 6) is -0.956. The Bertz CT molecular complexity index is 533. The van der Waals surface area contributed by atoms with Crippen LogP contribution in [0.15, 0.2) is 18.2 Å². The van der Waals surface area contributed by atoms with Gasteiger partial charge < -0.3 is 5.11 Å². The highest BCUT2D eigenvalue weighted by molar-refractivity contribution is 6.34. The van der Waals surface area contributed by atoms with Crippen LogP contribution in [0.3, 0.4) is 0 Å². The number of benzene rings is 1. The van der Waals surface area contributed by atoms with E-state index in [2.05, 4.69) is 5.10 Å². The number of hydrogen-bond donors (Lipinski definition) is 1. The monoisotopic (exact) mass is 224 g/mol. The van der Waals surface area contributed by atoms with E-state index in [9.17, 15) is 4.79 Å². The van der Waals surface area contributed by atoms with Crippen LogP contribution in [0.4, 0.5) is 0 Å². The number of carboxylic acid groups (broad SMARTS) is 1. The summed E-state index contributed by atoms with van der Waals surface area (Å²) in [6.45, 7) is 1.70. The fraction of sp³-hybridized carbons (Fsp3) is 0.200. The molecule has 1 N–H and O–H groups in total. The predicted molar refractivity (Wildman–Crippen MR) is 57.1 cm³/mol. The Labute approximate surface area is 91.1 Å². The molecule has 0 aliphatic rings. The van der Waals surface area contributed by atoms with Crippen molar-refractivity contribution in [2.75, 3.05) is 0 Å². The molecule has 0 spiro atoms. The molecule has 0 bridgehead atoms. The standard InChI is InChI=1S/C10H9ClN2O2/c1-6-3-2-4-7-9(6)10(11)13(12-7)5-8(14)15/h2-4H,5H2,1H3,(H,14,15). The van der Waals surface area contributed by atoms with E-state index >= 15 is 0 Å². The SMILES string of the molecule is Cc1cccc2nn(CC(=O)O)c(Cl)c12. The maximum Gasteiger partial charge on any atom is 0.325 e. The van der Waals surface area contributed by atoms with E-state index in [1.165, 1.54) is 4.68 Å². The molecule has 0 aliphatic heterocycles. The van der Waals surface area contributed by atoms with Crippen molar-refractivity contribution < 1.29 is 9.90 Å². The number of aryl methyl sites for hydroxylation is 1. The van der Waals surface area contributed by atoms with Gasteiger partial charge in [0.25, 0.3) is 0 Å². The third-order valence-corrected chi connectivity index (χ3v) is 2.58. The molecule has 0 saturated heterocycles. The van der Waals surface area contributed by atoms with Crippen molar-refractivity contribution in [3.05, 3.63) is 28.9 Å². The van der Waals surface area contributed by atoms with Gasteiger partial charge in [-0.15, -0.1) is 0 Å². The lowest BCUT2D eigenvalue weighted by Gasteiger charge is -1.97. The Hall–Kier alpha value is -1.55. The van der Waals surface area contributed by atoms with Crippen molar-refractivity contribution in [3.8, 4) is 0 Å². The number of aromatic nitrogens is 2. The molecular weight excluding hydrogens is 216 g/mol. The maximum atomic E-state index is 10.6. The molecule has 2 rings (SSSR count). The van der Waals surface area contributed by atoms with Crippen molar-refractivity contribution in [1.82, 2.24) is 9.78 Å². The van der Waals surface area contributed by atoms with Gasteiger partial charge in [-0.3, -0.25) is 4.79 Å². The largest absolute Gasteiger partial charge is 0.480 e. The van der Waals surface area contributed by atoms with Crippen LogP contribution < -0.4 is 0 Å². The Morgan fingerprint density at radius 2 is 2.33 bits per heavy atom. The molecule has 4 nitrogen and oxygen atoms in total. The van der Waals surface area contributed by atoms with Crippen molar-refractivity contribution in [3.63, 3.8) is 0 Å². The van der Waals surface area contributed by atoms with Gasteiger partial charge in [0.1, 0.15) is 11.7 Å². The second-order valence-corrected chi connectivity index (χ2v) is 3.67. The Morgan fingerprint density at radius 3 is 2.93 bits per heavy atom. The predicted octanol–water partition coefficient (Wildman–Crippen LogP) is 2.08. The molecule has 0 unspecified atom stereocenters. The summed E-state index contributed by atoms with van der Waals surface area (Å²) >= 11 is 6.04. The smallest absolute Gasteiger partial charge is 0.325 e. The van der Waals surface area contributed by atoms with E-state index in [0.717, 1.165) is 16.5 Å². The molecule has 2 aromatic rings. The highest BCUT2D eigenvalue weighted by Gasteiger charge is 2.12. The number of hydrogen-bond acceptors (Lipinski definition) is 2. The van der Waals surface area contributed by atoms with Crippen LogP contribution in [0.5, 0.6) is 0 Å². The molecule has 0 aliphatic carbocycles. The zero-order chi connectivity index (χ0) is 11.0. The quantitative estimate of drug-likeness (QED) is 0.850. The van der Waals surface area contributed by atoms with Gasteiger partial charge in [-0.1, -0.05) is 23.7 Å². The van der Waals surface area contributed by atoms with Crippen LogP contribution >= 0.6 is 11.6 Å². The second-order valence-electron chi connectivity index (χ2n) is 3.31. The van der Waals surface area contributed by atoms with Crippen LogP contribution in [-0.4, -0.2) is 20.9 Å². The van der Waals surface area contributed by atoms with Gasteiger partial charge in [-0.2, -0.15) is 5.10 Å². The normalized spacial score (nSPS) is 10.8. The summed E-state index contributed by atoms with van der Waals surface area (Å²) in [5.41, 5.74) is 1.72. The minimum atomic E-state index is -0.956. The zero-order valence-electron chi connectivity index (χ0n) is 8.07. The van der Waals surface area contributed by atoms with Crippen LogP contribution in [-0.2, 0) is 11.3 Å². The van der Waals surface area contributed by atoms with Gasteiger partial charge in [0.05, 0.1) is 5.52 Å². The van der Waals surface area contributed by atoms with Gasteiger partial charge >= 0.3 is 5.97 Å². The van der Waals surface area contributed by atoms with Gasteiger partial charge in [0.2, 0.25) is 0 Å². The number of fused-ring (bicyclic) bond motifs is 1.